The molecule has 6 aromatic carbocycles. The molecule has 0 unspecified atom stereocenters. The van der Waals surface area contributed by atoms with Crippen LogP contribution in [0.2, 0.25) is 0 Å². The van der Waals surface area contributed by atoms with Gasteiger partial charge in [0.05, 0.1) is 16.4 Å². The van der Waals surface area contributed by atoms with Crippen molar-refractivity contribution in [1.82, 2.24) is 0 Å². The molecule has 0 spiro atoms. The van der Waals surface area contributed by atoms with Crippen LogP contribution in [0.3, 0.4) is 0 Å². The molecule has 6 rings (SSSR count). The zero-order valence-electron chi connectivity index (χ0n) is 61.1. The summed E-state index contributed by atoms with van der Waals surface area (Å²) in [6.07, 6.45) is 64.2. The number of hydrogen-bond donors (Lipinski definition) is 0. The molecule has 0 atom stereocenters. The van der Waals surface area contributed by atoms with Gasteiger partial charge in [0.2, 0.25) is 0 Å². The molecule has 97 heavy (non-hydrogen) atoms. The minimum Gasteiger partial charge on any atom is -0.744 e. The molecule has 0 aliphatic rings. The smallest absolute Gasteiger partial charge is 0.744 e. The van der Waals surface area contributed by atoms with Crippen molar-refractivity contribution in [2.45, 2.75) is 356 Å². The zero-order valence-corrected chi connectivity index (χ0v) is 65.8. The molecular weight excluding hydrogens is 1290 g/mol. The maximum absolute atomic E-state index is 12.6. The molecule has 0 aromatic heterocycles. The van der Waals surface area contributed by atoms with E-state index in [2.05, 4.69) is 20.8 Å². The third-order valence-corrected chi connectivity index (χ3v) is 22.6. The maximum Gasteiger partial charge on any atom is 2.00 e. The van der Waals surface area contributed by atoms with Crippen molar-refractivity contribution in [2.24, 2.45) is 0 Å². The summed E-state index contributed by atoms with van der Waals surface area (Å²) in [5.74, 6) is 0. The summed E-state index contributed by atoms with van der Waals surface area (Å²) >= 11 is 0. The van der Waals surface area contributed by atoms with Gasteiger partial charge in [-0.25, -0.2) is 16.8 Å². The van der Waals surface area contributed by atoms with Crippen LogP contribution in [0.15, 0.2) is 130 Å². The van der Waals surface area contributed by atoms with Crippen molar-refractivity contribution in [1.29, 1.82) is 0 Å². The van der Waals surface area contributed by atoms with Crippen LogP contribution < -0.4 is 0 Å². The summed E-state index contributed by atoms with van der Waals surface area (Å²) in [4.78, 5) is 0.236. The second kappa shape index (κ2) is 55.7. The Hall–Kier alpha value is -2.91. The van der Waals surface area contributed by atoms with Crippen molar-refractivity contribution >= 4 is 100 Å². The van der Waals surface area contributed by atoms with Crippen molar-refractivity contribution in [2.75, 3.05) is 6.61 Å². The molecule has 0 aliphatic heterocycles. The molecule has 0 bridgehead atoms. The summed E-state index contributed by atoms with van der Waals surface area (Å²) in [6.45, 7) is 7.08. The van der Waals surface area contributed by atoms with Crippen molar-refractivity contribution in [3.63, 3.8) is 0 Å². The van der Waals surface area contributed by atoms with Crippen LogP contribution in [0.25, 0.3) is 32.3 Å². The number of unbranched alkanes of at least 4 members (excludes halogenated alkanes) is 45. The standard InChI is InChI=1S/3C28H44O3S.Ca/c1-2-3-4-5-6-7-8-9-10-11-12-13-14-15-16-19-25-31-32(29,30)28-24-20-22-26-21-17-18-23-27(26)28;2*1-2-3-4-5-6-7-8-9-10-11-12-13-14-15-16-17-21-26-24-23-25-20-18-19-22-27(25)28(26)32(29,30)31;/h17-18,20-24H,2-16,19,25H2,1H3;2*18-20,22-24H,2-17,21H2,1H3,(H,29,30,31);/q;;;+2/p-2. The molecule has 0 heterocycles. The molecule has 9 nitrogen and oxygen atoms in total. The van der Waals surface area contributed by atoms with Crippen LogP contribution in [0.5, 0.6) is 0 Å². The number of benzene rings is 6. The van der Waals surface area contributed by atoms with Gasteiger partial charge < -0.3 is 9.11 Å². The van der Waals surface area contributed by atoms with E-state index in [0.29, 0.717) is 34.7 Å². The molecule has 6 aromatic rings. The van der Waals surface area contributed by atoms with Crippen LogP contribution >= 0.6 is 0 Å². The van der Waals surface area contributed by atoms with E-state index >= 15 is 0 Å². The van der Waals surface area contributed by atoms with Gasteiger partial charge >= 0.3 is 37.7 Å². The van der Waals surface area contributed by atoms with Crippen molar-refractivity contribution in [3.05, 3.63) is 126 Å². The Morgan fingerprint density at radius 1 is 0.268 bits per heavy atom. The van der Waals surface area contributed by atoms with E-state index in [4.69, 9.17) is 4.18 Å². The Kier molecular flexibility index (Phi) is 50.7. The third kappa shape index (κ3) is 39.4. The first-order valence-corrected chi connectivity index (χ1v) is 43.3. The van der Waals surface area contributed by atoms with E-state index < -0.39 is 30.4 Å². The number of fused-ring (bicyclic) bond motifs is 3. The quantitative estimate of drug-likeness (QED) is 0.0157. The van der Waals surface area contributed by atoms with Crippen molar-refractivity contribution < 1.29 is 38.5 Å². The Bertz CT molecular complexity index is 3140. The van der Waals surface area contributed by atoms with Gasteiger partial charge in [-0.05, 0) is 76.2 Å². The van der Waals surface area contributed by atoms with Gasteiger partial charge in [0, 0.05) is 5.39 Å². The molecule has 540 valence electrons. The Morgan fingerprint density at radius 3 is 0.794 bits per heavy atom. The van der Waals surface area contributed by atoms with Crippen LogP contribution in [-0.4, -0.2) is 78.7 Å². The molecule has 0 fully saturated rings. The van der Waals surface area contributed by atoms with Crippen LogP contribution in [0, 0.1) is 0 Å². The van der Waals surface area contributed by atoms with E-state index in [1.165, 1.54) is 263 Å². The number of aryl methyl sites for hydroxylation is 2. The van der Waals surface area contributed by atoms with E-state index in [0.717, 1.165) is 66.5 Å². The topological polar surface area (TPSA) is 158 Å². The van der Waals surface area contributed by atoms with Gasteiger partial charge in [-0.3, -0.25) is 4.18 Å². The average Bonchev–Trinajstić information content (AvgIpc) is 0.792. The predicted octanol–water partition coefficient (Wildman–Crippen LogP) is 25.5. The monoisotopic (exact) mass is 1420 g/mol. The summed E-state index contributed by atoms with van der Waals surface area (Å²) < 4.78 is 102. The first-order chi connectivity index (χ1) is 46.7. The van der Waals surface area contributed by atoms with Crippen LogP contribution in [-0.2, 0) is 47.4 Å². The van der Waals surface area contributed by atoms with Gasteiger partial charge in [0.1, 0.15) is 25.1 Å². The van der Waals surface area contributed by atoms with Crippen LogP contribution in [0.1, 0.15) is 340 Å². The van der Waals surface area contributed by atoms with E-state index in [9.17, 15) is 34.4 Å². The van der Waals surface area contributed by atoms with Gasteiger partial charge in [-0.2, -0.15) is 8.42 Å². The molecule has 0 radical (unpaired) electrons. The van der Waals surface area contributed by atoms with Gasteiger partial charge in [0.15, 0.2) is 0 Å². The summed E-state index contributed by atoms with van der Waals surface area (Å²) in [5, 5.41) is 4.35. The molecule has 0 saturated heterocycles. The second-order valence-corrected chi connectivity index (χ2v) is 31.8. The molecule has 0 saturated carbocycles. The SMILES string of the molecule is CCCCCCCCCCCCCCCCCCOS(=O)(=O)c1cccc2ccccc12.CCCCCCCCCCCCCCCCCCc1ccc2ccccc2c1S(=O)(=O)[O-].CCCCCCCCCCCCCCCCCCc1ccc2ccccc2c1S(=O)(=O)[O-].[Ca+2]. The van der Waals surface area contributed by atoms with Gasteiger partial charge in [0.25, 0.3) is 10.1 Å². The number of rotatable bonds is 55. The average molecular weight is 1420 g/mol. The Balaban J connectivity index is 0.000000377. The molecular formula is C84H130CaO9S3. The second-order valence-electron chi connectivity index (χ2n) is 27.6. The molecule has 13 heteroatoms. The third-order valence-electron chi connectivity index (χ3n) is 19.3. The largest absolute Gasteiger partial charge is 2.00 e. The summed E-state index contributed by atoms with van der Waals surface area (Å²) in [7, 11) is -12.7. The molecule has 0 amide bonds. The van der Waals surface area contributed by atoms with Gasteiger partial charge in [-0.15, -0.1) is 0 Å². The van der Waals surface area contributed by atoms with E-state index in [1.54, 1.807) is 36.4 Å². The first-order valence-electron chi connectivity index (χ1n) is 39.0. The van der Waals surface area contributed by atoms with Gasteiger partial charge in [-0.1, -0.05) is 419 Å². The fourth-order valence-electron chi connectivity index (χ4n) is 13.6. The maximum atomic E-state index is 12.6. The summed E-state index contributed by atoms with van der Waals surface area (Å²) in [5.41, 5.74) is 1.34. The fraction of sp³-hybridized carbons (Fsp3) is 0.643. The molecule has 0 N–H and O–H groups in total. The van der Waals surface area contributed by atoms with E-state index in [1.807, 2.05) is 78.9 Å². The predicted molar refractivity (Wildman–Crippen MR) is 413 cm³/mol. The Labute approximate surface area is 623 Å². The Morgan fingerprint density at radius 2 is 0.505 bits per heavy atom. The normalized spacial score (nSPS) is 11.8. The minimum absolute atomic E-state index is 0. The summed E-state index contributed by atoms with van der Waals surface area (Å²) in [6, 6.07) is 34.8. The zero-order chi connectivity index (χ0) is 69.1. The minimum atomic E-state index is -4.48. The number of hydrogen-bond acceptors (Lipinski definition) is 9. The van der Waals surface area contributed by atoms with E-state index in [-0.39, 0.29) is 59.0 Å². The van der Waals surface area contributed by atoms with Crippen molar-refractivity contribution in [3.8, 4) is 0 Å². The molecule has 0 aliphatic carbocycles. The fourth-order valence-corrected chi connectivity index (χ4v) is 16.6. The first kappa shape index (κ1) is 88.3. The van der Waals surface area contributed by atoms with Crippen LogP contribution in [0.4, 0.5) is 0 Å².